The number of nitrogens with one attached hydrogen (secondary N) is 1. The summed E-state index contributed by atoms with van der Waals surface area (Å²) in [6.07, 6.45) is 0. The maximum Gasteiger partial charge on any atom is 0.275 e. The molecule has 0 unspecified atom stereocenters. The Bertz CT molecular complexity index is 516. The molecule has 0 radical (unpaired) electrons. The van der Waals surface area contributed by atoms with E-state index in [9.17, 15) is 9.18 Å². The number of halogens is 2. The van der Waals surface area contributed by atoms with Crippen molar-refractivity contribution in [2.24, 2.45) is 0 Å². The molecule has 0 aliphatic rings. The maximum absolute atomic E-state index is 12.8. The summed E-state index contributed by atoms with van der Waals surface area (Å²) >= 11 is 7.08. The third-order valence-electron chi connectivity index (χ3n) is 1.84. The van der Waals surface area contributed by atoms with Crippen molar-refractivity contribution in [3.05, 3.63) is 45.6 Å². The fraction of sp³-hybridized carbons (Fsp3) is 0. The van der Waals surface area contributed by atoms with Crippen LogP contribution >= 0.6 is 22.9 Å². The molecule has 1 heterocycles. The first-order valence-electron chi connectivity index (χ1n) is 4.31. The van der Waals surface area contributed by atoms with Crippen LogP contribution in [0, 0.1) is 5.82 Å². The van der Waals surface area contributed by atoms with Crippen LogP contribution in [0.15, 0.2) is 29.1 Å². The Hall–Kier alpha value is -1.46. The Morgan fingerprint density at radius 3 is 2.94 bits per heavy atom. The van der Waals surface area contributed by atoms with Gasteiger partial charge in [0.25, 0.3) is 5.91 Å². The first kappa shape index (κ1) is 11.0. The molecular formula is C10H6ClFN2OS. The molecule has 3 nitrogen and oxygen atoms in total. The fourth-order valence-corrected chi connectivity index (χ4v) is 1.85. The highest BCUT2D eigenvalue weighted by molar-refractivity contribution is 7.07. The molecule has 0 saturated carbocycles. The third kappa shape index (κ3) is 2.37. The van der Waals surface area contributed by atoms with E-state index in [2.05, 4.69) is 10.3 Å². The number of carbonyl (C=O) groups is 1. The molecule has 1 amide bonds. The minimum atomic E-state index is -0.448. The Morgan fingerprint density at radius 1 is 1.50 bits per heavy atom. The van der Waals surface area contributed by atoms with Crippen LogP contribution in [0.25, 0.3) is 0 Å². The Balaban J connectivity index is 2.18. The lowest BCUT2D eigenvalue weighted by Gasteiger charge is -2.05. The minimum absolute atomic E-state index is 0.156. The predicted molar refractivity (Wildman–Crippen MR) is 61.5 cm³/mol. The summed E-state index contributed by atoms with van der Waals surface area (Å²) in [5.41, 5.74) is 2.23. The molecule has 0 spiro atoms. The van der Waals surface area contributed by atoms with E-state index in [4.69, 9.17) is 11.6 Å². The van der Waals surface area contributed by atoms with E-state index in [1.165, 1.54) is 23.5 Å². The highest BCUT2D eigenvalue weighted by Crippen LogP contribution is 2.22. The molecule has 1 N–H and O–H groups in total. The second kappa shape index (κ2) is 4.59. The van der Waals surface area contributed by atoms with Crippen molar-refractivity contribution in [3.8, 4) is 0 Å². The predicted octanol–water partition coefficient (Wildman–Crippen LogP) is 3.19. The van der Waals surface area contributed by atoms with E-state index in [0.29, 0.717) is 11.4 Å². The van der Waals surface area contributed by atoms with Gasteiger partial charge in [-0.1, -0.05) is 11.6 Å². The van der Waals surface area contributed by atoms with E-state index in [1.807, 2.05) is 0 Å². The van der Waals surface area contributed by atoms with Gasteiger partial charge in [-0.25, -0.2) is 9.37 Å². The monoisotopic (exact) mass is 256 g/mol. The van der Waals surface area contributed by atoms with E-state index in [1.54, 1.807) is 10.9 Å². The van der Waals surface area contributed by atoms with E-state index in [0.717, 1.165) is 6.07 Å². The SMILES string of the molecule is O=C(Nc1ccc(F)cc1Cl)c1cscn1. The van der Waals surface area contributed by atoms with Crippen LogP contribution in [0.5, 0.6) is 0 Å². The lowest BCUT2D eigenvalue weighted by Crippen LogP contribution is -2.12. The van der Waals surface area contributed by atoms with Gasteiger partial charge in [0.15, 0.2) is 0 Å². The third-order valence-corrected chi connectivity index (χ3v) is 2.74. The minimum Gasteiger partial charge on any atom is -0.319 e. The highest BCUT2D eigenvalue weighted by Gasteiger charge is 2.10. The number of anilines is 1. The van der Waals surface area contributed by atoms with Gasteiger partial charge in [0.1, 0.15) is 11.5 Å². The number of hydrogen-bond acceptors (Lipinski definition) is 3. The van der Waals surface area contributed by atoms with Crippen LogP contribution in [0.2, 0.25) is 5.02 Å². The normalized spacial score (nSPS) is 10.1. The highest BCUT2D eigenvalue weighted by atomic mass is 35.5. The van der Waals surface area contributed by atoms with Gasteiger partial charge < -0.3 is 5.32 Å². The maximum atomic E-state index is 12.8. The second-order valence-corrected chi connectivity index (χ2v) is 4.08. The van der Waals surface area contributed by atoms with Crippen LogP contribution in [-0.2, 0) is 0 Å². The number of carbonyl (C=O) groups excluding carboxylic acids is 1. The summed E-state index contributed by atoms with van der Waals surface area (Å²) in [6, 6.07) is 3.77. The smallest absolute Gasteiger partial charge is 0.275 e. The van der Waals surface area contributed by atoms with Crippen molar-refractivity contribution in [1.82, 2.24) is 4.98 Å². The topological polar surface area (TPSA) is 42.0 Å². The zero-order valence-electron chi connectivity index (χ0n) is 7.91. The number of nitrogens with zero attached hydrogens (tertiary/aromatic N) is 1. The zero-order valence-corrected chi connectivity index (χ0v) is 9.48. The molecule has 2 rings (SSSR count). The molecule has 16 heavy (non-hydrogen) atoms. The largest absolute Gasteiger partial charge is 0.319 e. The van der Waals surface area contributed by atoms with E-state index in [-0.39, 0.29) is 10.9 Å². The standard InChI is InChI=1S/C10H6ClFN2OS/c11-7-3-6(12)1-2-8(7)14-10(15)9-4-16-5-13-9/h1-5H,(H,14,15). The molecule has 0 aliphatic heterocycles. The molecule has 2 aromatic rings. The van der Waals surface area contributed by atoms with Crippen molar-refractivity contribution in [2.75, 3.05) is 5.32 Å². The lowest BCUT2D eigenvalue weighted by atomic mass is 10.3. The molecule has 82 valence electrons. The summed E-state index contributed by atoms with van der Waals surface area (Å²) in [6.45, 7) is 0. The van der Waals surface area contributed by atoms with Gasteiger partial charge in [-0.15, -0.1) is 11.3 Å². The van der Waals surface area contributed by atoms with Crippen molar-refractivity contribution in [1.29, 1.82) is 0 Å². The quantitative estimate of drug-likeness (QED) is 0.897. The number of amides is 1. The van der Waals surface area contributed by atoms with Crippen molar-refractivity contribution >= 4 is 34.5 Å². The molecule has 1 aromatic heterocycles. The van der Waals surface area contributed by atoms with Crippen molar-refractivity contribution < 1.29 is 9.18 Å². The van der Waals surface area contributed by atoms with Crippen LogP contribution < -0.4 is 5.32 Å². The Kier molecular flexibility index (Phi) is 3.17. The van der Waals surface area contributed by atoms with E-state index < -0.39 is 5.82 Å². The summed E-state index contributed by atoms with van der Waals surface area (Å²) in [4.78, 5) is 15.4. The number of rotatable bonds is 2. The average Bonchev–Trinajstić information content (AvgIpc) is 2.75. The number of thiazole rings is 1. The second-order valence-electron chi connectivity index (χ2n) is 2.95. The van der Waals surface area contributed by atoms with Crippen LogP contribution in [0.1, 0.15) is 10.5 Å². The molecule has 0 bridgehead atoms. The molecular weight excluding hydrogens is 251 g/mol. The molecule has 0 fully saturated rings. The van der Waals surface area contributed by atoms with Gasteiger partial charge >= 0.3 is 0 Å². The van der Waals surface area contributed by atoms with Crippen LogP contribution in [0.3, 0.4) is 0 Å². The van der Waals surface area contributed by atoms with Crippen molar-refractivity contribution in [3.63, 3.8) is 0 Å². The van der Waals surface area contributed by atoms with Crippen molar-refractivity contribution in [2.45, 2.75) is 0 Å². The summed E-state index contributed by atoms with van der Waals surface area (Å²) in [5.74, 6) is -0.814. The summed E-state index contributed by atoms with van der Waals surface area (Å²) in [5, 5.41) is 4.32. The number of hydrogen-bond donors (Lipinski definition) is 1. The molecule has 0 atom stereocenters. The Labute approximate surface area is 99.9 Å². The van der Waals surface area contributed by atoms with Gasteiger partial charge in [0.2, 0.25) is 0 Å². The van der Waals surface area contributed by atoms with Crippen LogP contribution in [0.4, 0.5) is 10.1 Å². The number of aromatic nitrogens is 1. The average molecular weight is 257 g/mol. The van der Waals surface area contributed by atoms with E-state index >= 15 is 0 Å². The zero-order chi connectivity index (χ0) is 11.5. The fourth-order valence-electron chi connectivity index (χ4n) is 1.10. The molecule has 0 saturated heterocycles. The molecule has 6 heteroatoms. The van der Waals surface area contributed by atoms with Gasteiger partial charge in [-0.3, -0.25) is 4.79 Å². The number of benzene rings is 1. The van der Waals surface area contributed by atoms with Gasteiger partial charge in [0, 0.05) is 5.38 Å². The summed E-state index contributed by atoms with van der Waals surface area (Å²) in [7, 11) is 0. The van der Waals surface area contributed by atoms with Gasteiger partial charge in [0.05, 0.1) is 16.2 Å². The van der Waals surface area contributed by atoms with Crippen LogP contribution in [-0.4, -0.2) is 10.9 Å². The first-order chi connectivity index (χ1) is 7.66. The molecule has 0 aliphatic carbocycles. The summed E-state index contributed by atoms with van der Waals surface area (Å²) < 4.78 is 12.8. The Morgan fingerprint density at radius 2 is 2.31 bits per heavy atom. The molecule has 1 aromatic carbocycles. The first-order valence-corrected chi connectivity index (χ1v) is 5.63. The lowest BCUT2D eigenvalue weighted by molar-refractivity contribution is 0.102. The van der Waals surface area contributed by atoms with Gasteiger partial charge in [-0.05, 0) is 18.2 Å². The van der Waals surface area contributed by atoms with Gasteiger partial charge in [-0.2, -0.15) is 0 Å².